The van der Waals surface area contributed by atoms with Gasteiger partial charge >= 0.3 is 0 Å². The van der Waals surface area contributed by atoms with Crippen molar-refractivity contribution in [2.24, 2.45) is 11.7 Å². The number of hydrogen-bond donors (Lipinski definition) is 2. The van der Waals surface area contributed by atoms with Crippen LogP contribution >= 0.6 is 0 Å². The van der Waals surface area contributed by atoms with Crippen LogP contribution in [-0.2, 0) is 4.79 Å². The maximum atomic E-state index is 13.2. The maximum Gasteiger partial charge on any atom is 0.241 e. The molecule has 16 heavy (non-hydrogen) atoms. The van der Waals surface area contributed by atoms with Crippen molar-refractivity contribution in [3.63, 3.8) is 0 Å². The van der Waals surface area contributed by atoms with Gasteiger partial charge in [0.15, 0.2) is 0 Å². The first-order valence-electron chi connectivity index (χ1n) is 4.93. The summed E-state index contributed by atoms with van der Waals surface area (Å²) in [5.74, 6) is -1.91. The molecule has 3 nitrogen and oxygen atoms in total. The molecule has 0 bridgehead atoms. The third kappa shape index (κ3) is 3.00. The Morgan fingerprint density at radius 3 is 2.56 bits per heavy atom. The Hall–Kier alpha value is -1.49. The van der Waals surface area contributed by atoms with Crippen molar-refractivity contribution >= 4 is 11.6 Å². The van der Waals surface area contributed by atoms with Crippen LogP contribution in [0.5, 0.6) is 0 Å². The molecule has 0 spiro atoms. The first-order chi connectivity index (χ1) is 7.41. The van der Waals surface area contributed by atoms with Crippen LogP contribution in [0.2, 0.25) is 0 Å². The monoisotopic (exact) mass is 228 g/mol. The molecule has 1 amide bonds. The number of carbonyl (C=O) groups excluding carboxylic acids is 1. The summed E-state index contributed by atoms with van der Waals surface area (Å²) in [6.45, 7) is 3.54. The number of benzene rings is 1. The van der Waals surface area contributed by atoms with Gasteiger partial charge in [-0.1, -0.05) is 13.8 Å². The number of hydrogen-bond acceptors (Lipinski definition) is 2. The summed E-state index contributed by atoms with van der Waals surface area (Å²) < 4.78 is 26.0. The molecule has 0 aliphatic carbocycles. The number of anilines is 1. The average molecular weight is 228 g/mol. The summed E-state index contributed by atoms with van der Waals surface area (Å²) >= 11 is 0. The van der Waals surface area contributed by atoms with Crippen molar-refractivity contribution in [3.05, 3.63) is 29.8 Å². The van der Waals surface area contributed by atoms with Crippen LogP contribution in [-0.4, -0.2) is 11.9 Å². The minimum absolute atomic E-state index is 0.0726. The minimum atomic E-state index is -0.748. The van der Waals surface area contributed by atoms with Gasteiger partial charge in [-0.05, 0) is 18.1 Å². The third-order valence-electron chi connectivity index (χ3n) is 2.21. The number of carbonyl (C=O) groups is 1. The molecule has 0 saturated carbocycles. The zero-order valence-corrected chi connectivity index (χ0v) is 9.13. The van der Waals surface area contributed by atoms with Gasteiger partial charge in [-0.25, -0.2) is 8.78 Å². The molecule has 1 unspecified atom stereocenters. The molecule has 5 heteroatoms. The van der Waals surface area contributed by atoms with Crippen molar-refractivity contribution in [1.82, 2.24) is 0 Å². The second-order valence-corrected chi connectivity index (χ2v) is 3.88. The van der Waals surface area contributed by atoms with E-state index in [2.05, 4.69) is 5.32 Å². The Kier molecular flexibility index (Phi) is 3.95. The fraction of sp³-hybridized carbons (Fsp3) is 0.364. The summed E-state index contributed by atoms with van der Waals surface area (Å²) in [5.41, 5.74) is 5.37. The van der Waals surface area contributed by atoms with Gasteiger partial charge in [0, 0.05) is 6.07 Å². The topological polar surface area (TPSA) is 55.1 Å². The van der Waals surface area contributed by atoms with Crippen LogP contribution in [0.1, 0.15) is 13.8 Å². The van der Waals surface area contributed by atoms with Crippen molar-refractivity contribution in [1.29, 1.82) is 0 Å². The molecule has 1 rings (SSSR count). The molecule has 0 aliphatic rings. The molecule has 1 aromatic rings. The maximum absolute atomic E-state index is 13.2. The Morgan fingerprint density at radius 1 is 1.38 bits per heavy atom. The van der Waals surface area contributed by atoms with Crippen molar-refractivity contribution in [2.75, 3.05) is 5.32 Å². The van der Waals surface area contributed by atoms with E-state index >= 15 is 0 Å². The predicted molar refractivity (Wildman–Crippen MR) is 57.8 cm³/mol. The highest BCUT2D eigenvalue weighted by molar-refractivity contribution is 5.94. The highest BCUT2D eigenvalue weighted by atomic mass is 19.1. The highest BCUT2D eigenvalue weighted by Gasteiger charge is 2.18. The van der Waals surface area contributed by atoms with Gasteiger partial charge in [0.25, 0.3) is 0 Å². The van der Waals surface area contributed by atoms with Gasteiger partial charge in [-0.2, -0.15) is 0 Å². The van der Waals surface area contributed by atoms with Gasteiger partial charge in [-0.15, -0.1) is 0 Å². The smallest absolute Gasteiger partial charge is 0.241 e. The fourth-order valence-electron chi connectivity index (χ4n) is 1.11. The van der Waals surface area contributed by atoms with Crippen LogP contribution in [0, 0.1) is 17.6 Å². The van der Waals surface area contributed by atoms with Gasteiger partial charge in [-0.3, -0.25) is 4.79 Å². The van der Waals surface area contributed by atoms with Crippen molar-refractivity contribution < 1.29 is 13.6 Å². The van der Waals surface area contributed by atoms with E-state index in [9.17, 15) is 13.6 Å². The van der Waals surface area contributed by atoms with Gasteiger partial charge in [0.2, 0.25) is 5.91 Å². The van der Waals surface area contributed by atoms with Crippen LogP contribution in [0.4, 0.5) is 14.5 Å². The second-order valence-electron chi connectivity index (χ2n) is 3.88. The molecular weight excluding hydrogens is 214 g/mol. The van der Waals surface area contributed by atoms with Crippen LogP contribution in [0.25, 0.3) is 0 Å². The summed E-state index contributed by atoms with van der Waals surface area (Å²) in [4.78, 5) is 11.5. The number of halogens is 2. The summed E-state index contributed by atoms with van der Waals surface area (Å²) in [6.07, 6.45) is 0. The first-order valence-corrected chi connectivity index (χ1v) is 4.93. The van der Waals surface area contributed by atoms with Crippen molar-refractivity contribution in [3.8, 4) is 0 Å². The number of amides is 1. The summed E-state index contributed by atoms with van der Waals surface area (Å²) in [5, 5.41) is 2.25. The molecule has 0 radical (unpaired) electrons. The van der Waals surface area contributed by atoms with E-state index in [1.807, 2.05) is 0 Å². The Morgan fingerprint density at radius 2 is 2.00 bits per heavy atom. The molecule has 0 saturated heterocycles. The number of nitrogens with two attached hydrogens (primary N) is 1. The molecule has 0 heterocycles. The Labute approximate surface area is 92.6 Å². The van der Waals surface area contributed by atoms with Gasteiger partial charge in [0.1, 0.15) is 11.6 Å². The molecule has 1 atom stereocenters. The van der Waals surface area contributed by atoms with Crippen LogP contribution < -0.4 is 11.1 Å². The van der Waals surface area contributed by atoms with E-state index in [1.54, 1.807) is 13.8 Å². The number of nitrogens with one attached hydrogen (secondary N) is 1. The Bertz CT molecular complexity index is 394. The average Bonchev–Trinajstić information content (AvgIpc) is 2.22. The largest absolute Gasteiger partial charge is 0.322 e. The second kappa shape index (κ2) is 5.03. The van der Waals surface area contributed by atoms with Gasteiger partial charge < -0.3 is 11.1 Å². The molecule has 0 aromatic heterocycles. The first kappa shape index (κ1) is 12.6. The van der Waals surface area contributed by atoms with E-state index in [0.717, 1.165) is 18.2 Å². The number of rotatable bonds is 3. The van der Waals surface area contributed by atoms with Crippen molar-refractivity contribution in [2.45, 2.75) is 19.9 Å². The molecule has 0 fully saturated rings. The standard InChI is InChI=1S/C11H14F2N2O/c1-6(2)10(14)11(16)15-9-5-7(12)3-4-8(9)13/h3-6,10H,14H2,1-2H3,(H,15,16). The Balaban J connectivity index is 2.80. The van der Waals surface area contributed by atoms with E-state index < -0.39 is 23.6 Å². The van der Waals surface area contributed by atoms with E-state index in [1.165, 1.54) is 0 Å². The molecule has 88 valence electrons. The zero-order valence-electron chi connectivity index (χ0n) is 9.13. The van der Waals surface area contributed by atoms with E-state index in [0.29, 0.717) is 0 Å². The lowest BCUT2D eigenvalue weighted by atomic mass is 10.0. The minimum Gasteiger partial charge on any atom is -0.322 e. The molecule has 0 aliphatic heterocycles. The molecular formula is C11H14F2N2O. The normalized spacial score (nSPS) is 12.6. The highest BCUT2D eigenvalue weighted by Crippen LogP contribution is 2.15. The van der Waals surface area contributed by atoms with E-state index in [-0.39, 0.29) is 11.6 Å². The zero-order chi connectivity index (χ0) is 12.3. The summed E-state index contributed by atoms with van der Waals surface area (Å²) in [6, 6.07) is 2.10. The lowest BCUT2D eigenvalue weighted by molar-refractivity contribution is -0.118. The summed E-state index contributed by atoms with van der Waals surface area (Å²) in [7, 11) is 0. The molecule has 3 N–H and O–H groups in total. The van der Waals surface area contributed by atoms with Crippen LogP contribution in [0.15, 0.2) is 18.2 Å². The fourth-order valence-corrected chi connectivity index (χ4v) is 1.11. The molecule has 1 aromatic carbocycles. The lowest BCUT2D eigenvalue weighted by Gasteiger charge is -2.15. The predicted octanol–water partition coefficient (Wildman–Crippen LogP) is 1.89. The quantitative estimate of drug-likeness (QED) is 0.830. The third-order valence-corrected chi connectivity index (χ3v) is 2.21. The van der Waals surface area contributed by atoms with Gasteiger partial charge in [0.05, 0.1) is 11.7 Å². The lowest BCUT2D eigenvalue weighted by Crippen LogP contribution is -2.39. The van der Waals surface area contributed by atoms with Crippen LogP contribution in [0.3, 0.4) is 0 Å². The van der Waals surface area contributed by atoms with E-state index in [4.69, 9.17) is 5.73 Å². The SMILES string of the molecule is CC(C)C(N)C(=O)Nc1cc(F)ccc1F.